The second-order valence-corrected chi connectivity index (χ2v) is 12.4. The van der Waals surface area contributed by atoms with E-state index in [0.29, 0.717) is 11.0 Å². The Balaban J connectivity index is 1.48. The molecule has 2 aliphatic carbocycles. The first-order chi connectivity index (χ1) is 14.5. The van der Waals surface area contributed by atoms with E-state index in [9.17, 15) is 4.79 Å². The second-order valence-electron chi connectivity index (χ2n) is 8.93. The molecule has 1 aliphatic heterocycles. The topological polar surface area (TPSA) is 29.5 Å². The molecular formula is C24H33NO2S3. The Kier molecular flexibility index (Phi) is 7.36. The van der Waals surface area contributed by atoms with E-state index in [1.54, 1.807) is 18.7 Å². The second kappa shape index (κ2) is 9.83. The highest BCUT2D eigenvalue weighted by atomic mass is 32.2. The summed E-state index contributed by atoms with van der Waals surface area (Å²) in [5.74, 6) is 0.205. The fourth-order valence-electron chi connectivity index (χ4n) is 5.51. The summed E-state index contributed by atoms with van der Waals surface area (Å²) in [6.45, 7) is 2.35. The first kappa shape index (κ1) is 22.5. The maximum atomic E-state index is 13.0. The number of carbonyl (C=O) groups is 1. The molecule has 0 aromatic heterocycles. The van der Waals surface area contributed by atoms with Crippen LogP contribution in [0.2, 0.25) is 0 Å². The molecule has 1 aromatic rings. The van der Waals surface area contributed by atoms with Gasteiger partial charge in [0.05, 0.1) is 11.5 Å². The van der Waals surface area contributed by atoms with Gasteiger partial charge in [0, 0.05) is 18.1 Å². The Morgan fingerprint density at radius 2 is 1.73 bits per heavy atom. The molecule has 0 bridgehead atoms. The molecular weight excluding hydrogens is 430 g/mol. The van der Waals surface area contributed by atoms with Gasteiger partial charge in [-0.1, -0.05) is 68.9 Å². The van der Waals surface area contributed by atoms with Crippen molar-refractivity contribution in [2.24, 2.45) is 0 Å². The molecule has 0 radical (unpaired) electrons. The number of thiocarbonyl (C=S) groups is 1. The van der Waals surface area contributed by atoms with Crippen molar-refractivity contribution in [1.29, 1.82) is 0 Å². The van der Waals surface area contributed by atoms with Gasteiger partial charge >= 0.3 is 0 Å². The summed E-state index contributed by atoms with van der Waals surface area (Å²) in [5.41, 5.74) is 1.26. The van der Waals surface area contributed by atoms with E-state index < -0.39 is 0 Å². The van der Waals surface area contributed by atoms with Gasteiger partial charge in [0.15, 0.2) is 0 Å². The Bertz CT molecular complexity index is 742. The minimum absolute atomic E-state index is 0.0290. The van der Waals surface area contributed by atoms with Crippen LogP contribution in [-0.4, -0.2) is 36.8 Å². The number of rotatable bonds is 4. The third-order valence-electron chi connectivity index (χ3n) is 6.85. The predicted molar refractivity (Wildman–Crippen MR) is 132 cm³/mol. The van der Waals surface area contributed by atoms with Crippen LogP contribution >= 0.6 is 35.7 Å². The van der Waals surface area contributed by atoms with Crippen molar-refractivity contribution in [3.63, 3.8) is 0 Å². The van der Waals surface area contributed by atoms with Crippen LogP contribution in [0, 0.1) is 0 Å². The maximum Gasteiger partial charge on any atom is 0.222 e. The summed E-state index contributed by atoms with van der Waals surface area (Å²) in [6.07, 6.45) is 13.0. The lowest BCUT2D eigenvalue weighted by Crippen LogP contribution is -2.51. The molecule has 1 atom stereocenters. The normalized spacial score (nSPS) is 24.8. The molecule has 164 valence electrons. The number of hydrogen-bond acceptors (Lipinski definition) is 5. The van der Waals surface area contributed by atoms with Crippen molar-refractivity contribution in [1.82, 2.24) is 4.90 Å². The van der Waals surface area contributed by atoms with Crippen LogP contribution in [0.5, 0.6) is 0 Å². The van der Waals surface area contributed by atoms with E-state index in [1.165, 1.54) is 56.9 Å². The number of benzene rings is 1. The monoisotopic (exact) mass is 463 g/mol. The molecule has 2 spiro atoms. The minimum Gasteiger partial charge on any atom is -0.478 e. The van der Waals surface area contributed by atoms with Gasteiger partial charge in [0.25, 0.3) is 0 Å². The molecule has 1 saturated heterocycles. The summed E-state index contributed by atoms with van der Waals surface area (Å²) >= 11 is 9.46. The number of thioether (sulfide) groups is 2. The van der Waals surface area contributed by atoms with E-state index >= 15 is 0 Å². The van der Waals surface area contributed by atoms with Crippen LogP contribution in [0.15, 0.2) is 30.3 Å². The lowest BCUT2D eigenvalue weighted by Gasteiger charge is -2.42. The van der Waals surface area contributed by atoms with Crippen LogP contribution < -0.4 is 0 Å². The molecule has 1 heterocycles. The van der Waals surface area contributed by atoms with Crippen LogP contribution in [0.1, 0.15) is 76.7 Å². The van der Waals surface area contributed by atoms with Crippen molar-refractivity contribution in [2.45, 2.75) is 92.5 Å². The SMILES string of the molecule is CC(=O)N1C(SC(=S)OCCc2ccccc2)C2(CCCCC2)SC12CCCCC2. The largest absolute Gasteiger partial charge is 0.478 e. The van der Waals surface area contributed by atoms with E-state index in [1.807, 2.05) is 6.07 Å². The molecule has 4 rings (SSSR count). The third kappa shape index (κ3) is 4.71. The van der Waals surface area contributed by atoms with E-state index in [-0.39, 0.29) is 20.9 Å². The van der Waals surface area contributed by atoms with E-state index in [0.717, 1.165) is 19.3 Å². The average Bonchev–Trinajstić information content (AvgIpc) is 2.98. The molecule has 3 nitrogen and oxygen atoms in total. The number of hydrogen-bond donors (Lipinski definition) is 0. The van der Waals surface area contributed by atoms with Crippen molar-refractivity contribution in [3.8, 4) is 0 Å². The van der Waals surface area contributed by atoms with E-state index in [2.05, 4.69) is 40.9 Å². The Labute approximate surface area is 195 Å². The molecule has 30 heavy (non-hydrogen) atoms. The van der Waals surface area contributed by atoms with Crippen LogP contribution in [0.25, 0.3) is 0 Å². The molecule has 3 aliphatic rings. The van der Waals surface area contributed by atoms with Gasteiger partial charge in [-0.15, -0.1) is 11.8 Å². The average molecular weight is 464 g/mol. The maximum absolute atomic E-state index is 13.0. The summed E-state index contributed by atoms with van der Waals surface area (Å²) in [5, 5.41) is 0.0997. The van der Waals surface area contributed by atoms with Crippen molar-refractivity contribution in [2.75, 3.05) is 6.61 Å². The number of ether oxygens (including phenoxy) is 1. The standard InChI is InChI=1S/C24H33NO2S3/c1-19(26)25-21(29-22(28)27-18-13-20-11-5-2-6-12-20)23(14-7-3-8-15-23)30-24(25)16-9-4-10-17-24/h2,5-6,11-12,21H,3-4,7-10,13-18H2,1H3. The Morgan fingerprint density at radius 1 is 1.10 bits per heavy atom. The lowest BCUT2D eigenvalue weighted by atomic mass is 9.86. The van der Waals surface area contributed by atoms with Crippen LogP contribution in [0.4, 0.5) is 0 Å². The Hall–Kier alpha value is -0.720. The van der Waals surface area contributed by atoms with Crippen LogP contribution in [-0.2, 0) is 16.0 Å². The fraction of sp³-hybridized carbons (Fsp3) is 0.667. The van der Waals surface area contributed by atoms with E-state index in [4.69, 9.17) is 17.0 Å². The van der Waals surface area contributed by atoms with Gasteiger partial charge in [-0.2, -0.15) is 0 Å². The van der Waals surface area contributed by atoms with Crippen molar-refractivity contribution >= 4 is 46.0 Å². The highest BCUT2D eigenvalue weighted by Crippen LogP contribution is 2.64. The number of amides is 1. The molecule has 6 heteroatoms. The van der Waals surface area contributed by atoms with Crippen LogP contribution in [0.3, 0.4) is 0 Å². The fourth-order valence-corrected chi connectivity index (χ4v) is 9.74. The zero-order valence-electron chi connectivity index (χ0n) is 17.9. The lowest BCUT2D eigenvalue weighted by molar-refractivity contribution is -0.133. The zero-order chi connectivity index (χ0) is 21.0. The van der Waals surface area contributed by atoms with Gasteiger partial charge in [-0.3, -0.25) is 4.79 Å². The first-order valence-corrected chi connectivity index (χ1v) is 13.5. The highest BCUT2D eigenvalue weighted by molar-refractivity contribution is 8.23. The van der Waals surface area contributed by atoms with Gasteiger partial charge in [0.1, 0.15) is 5.37 Å². The quantitative estimate of drug-likeness (QED) is 0.472. The van der Waals surface area contributed by atoms with Gasteiger partial charge in [-0.05, 0) is 55.2 Å². The molecule has 1 unspecified atom stereocenters. The highest BCUT2D eigenvalue weighted by Gasteiger charge is 2.61. The summed E-state index contributed by atoms with van der Waals surface area (Å²) in [6, 6.07) is 10.4. The summed E-state index contributed by atoms with van der Waals surface area (Å²) in [4.78, 5) is 15.2. The van der Waals surface area contributed by atoms with Gasteiger partial charge in [0.2, 0.25) is 10.3 Å². The number of carbonyl (C=O) groups excluding carboxylic acids is 1. The Morgan fingerprint density at radius 3 is 2.37 bits per heavy atom. The zero-order valence-corrected chi connectivity index (χ0v) is 20.4. The molecule has 2 saturated carbocycles. The molecule has 1 aromatic carbocycles. The molecule has 1 amide bonds. The predicted octanol–water partition coefficient (Wildman–Crippen LogP) is 6.55. The summed E-state index contributed by atoms with van der Waals surface area (Å²) < 4.78 is 6.71. The molecule has 3 fully saturated rings. The van der Waals surface area contributed by atoms with Gasteiger partial charge < -0.3 is 9.64 Å². The number of nitrogens with zero attached hydrogens (tertiary/aromatic N) is 1. The smallest absolute Gasteiger partial charge is 0.222 e. The third-order valence-corrected chi connectivity index (χ3v) is 10.6. The van der Waals surface area contributed by atoms with Gasteiger partial charge in [-0.25, -0.2) is 0 Å². The minimum atomic E-state index is -0.0290. The molecule has 0 N–H and O–H groups in total. The van der Waals surface area contributed by atoms with Crippen molar-refractivity contribution < 1.29 is 9.53 Å². The summed E-state index contributed by atoms with van der Waals surface area (Å²) in [7, 11) is 0. The van der Waals surface area contributed by atoms with Crippen molar-refractivity contribution in [3.05, 3.63) is 35.9 Å². The first-order valence-electron chi connectivity index (χ1n) is 11.4.